The molecular weight excluding hydrogens is 430 g/mol. The first kappa shape index (κ1) is 22.4. The van der Waals surface area contributed by atoms with Crippen LogP contribution in [0.5, 0.6) is 5.75 Å². The van der Waals surface area contributed by atoms with Crippen molar-refractivity contribution in [3.63, 3.8) is 0 Å². The zero-order valence-corrected chi connectivity index (χ0v) is 18.3. The Morgan fingerprint density at radius 2 is 1.90 bits per heavy atom. The summed E-state index contributed by atoms with van der Waals surface area (Å²) >= 11 is 6.89. The summed E-state index contributed by atoms with van der Waals surface area (Å²) in [5, 5.41) is 6.75. The standard InChI is InChI=1S/C21H24F2N2O3S2/c1-2-27-19(26)17-13-9-5-3-4-6-12-16(13)30-18(17)25-21(29)24-14-10-7-8-11-15(14)28-20(22)23/h7-8,10-11,20H,2-6,9,12H2,1H3,(H2,24,25,29). The molecule has 1 aliphatic rings. The maximum absolute atomic E-state index is 12.7. The molecule has 2 N–H and O–H groups in total. The molecule has 9 heteroatoms. The summed E-state index contributed by atoms with van der Waals surface area (Å²) in [4.78, 5) is 13.9. The molecule has 0 saturated heterocycles. The Balaban J connectivity index is 1.84. The molecule has 1 aromatic carbocycles. The van der Waals surface area contributed by atoms with Crippen molar-refractivity contribution in [3.05, 3.63) is 40.3 Å². The fraction of sp³-hybridized carbons (Fsp3) is 0.429. The Kier molecular flexibility index (Phi) is 7.98. The van der Waals surface area contributed by atoms with Crippen LogP contribution in [0, 0.1) is 0 Å². The van der Waals surface area contributed by atoms with Crippen molar-refractivity contribution in [1.82, 2.24) is 0 Å². The van der Waals surface area contributed by atoms with Gasteiger partial charge in [-0.15, -0.1) is 11.3 Å². The average Bonchev–Trinajstić information content (AvgIpc) is 2.99. The van der Waals surface area contributed by atoms with E-state index in [1.54, 1.807) is 25.1 Å². The minimum atomic E-state index is -2.94. The van der Waals surface area contributed by atoms with Gasteiger partial charge in [0.05, 0.1) is 17.9 Å². The van der Waals surface area contributed by atoms with Gasteiger partial charge in [-0.1, -0.05) is 25.0 Å². The number of aryl methyl sites for hydroxylation is 1. The number of thiocarbonyl (C=S) groups is 1. The topological polar surface area (TPSA) is 59.6 Å². The van der Waals surface area contributed by atoms with Crippen molar-refractivity contribution in [3.8, 4) is 5.75 Å². The third-order valence-electron chi connectivity index (χ3n) is 4.73. The molecule has 30 heavy (non-hydrogen) atoms. The van der Waals surface area contributed by atoms with Crippen molar-refractivity contribution < 1.29 is 23.0 Å². The number of halogens is 2. The lowest BCUT2D eigenvalue weighted by Gasteiger charge is -2.14. The van der Waals surface area contributed by atoms with E-state index in [9.17, 15) is 13.6 Å². The Bertz CT molecular complexity index is 902. The fourth-order valence-corrected chi connectivity index (χ4v) is 5.01. The molecule has 1 aliphatic carbocycles. The van der Waals surface area contributed by atoms with E-state index in [0.717, 1.165) is 37.7 Å². The van der Waals surface area contributed by atoms with Gasteiger partial charge in [0.2, 0.25) is 0 Å². The van der Waals surface area contributed by atoms with Crippen LogP contribution in [0.4, 0.5) is 19.5 Å². The lowest BCUT2D eigenvalue weighted by molar-refractivity contribution is -0.0493. The highest BCUT2D eigenvalue weighted by atomic mass is 32.1. The molecule has 3 rings (SSSR count). The number of ether oxygens (including phenoxy) is 2. The van der Waals surface area contributed by atoms with Crippen LogP contribution in [0.2, 0.25) is 0 Å². The lowest BCUT2D eigenvalue weighted by atomic mass is 9.96. The molecule has 0 fully saturated rings. The minimum absolute atomic E-state index is 0.0132. The smallest absolute Gasteiger partial charge is 0.387 e. The Labute approximate surface area is 183 Å². The van der Waals surface area contributed by atoms with Gasteiger partial charge in [0, 0.05) is 4.88 Å². The second kappa shape index (κ2) is 10.7. The van der Waals surface area contributed by atoms with Gasteiger partial charge in [-0.05, 0) is 62.5 Å². The molecule has 0 amide bonds. The van der Waals surface area contributed by atoms with Gasteiger partial charge in [0.1, 0.15) is 10.8 Å². The van der Waals surface area contributed by atoms with E-state index in [-0.39, 0.29) is 23.4 Å². The second-order valence-electron chi connectivity index (χ2n) is 6.80. The van der Waals surface area contributed by atoms with E-state index in [2.05, 4.69) is 15.4 Å². The van der Waals surface area contributed by atoms with E-state index in [4.69, 9.17) is 17.0 Å². The molecule has 1 heterocycles. The number of esters is 1. The van der Waals surface area contributed by atoms with E-state index in [0.29, 0.717) is 16.3 Å². The summed E-state index contributed by atoms with van der Waals surface area (Å²) in [6, 6.07) is 6.30. The third kappa shape index (κ3) is 5.66. The van der Waals surface area contributed by atoms with Crippen LogP contribution < -0.4 is 15.4 Å². The minimum Gasteiger partial charge on any atom is -0.462 e. The zero-order chi connectivity index (χ0) is 21.5. The molecule has 0 aliphatic heterocycles. The lowest BCUT2D eigenvalue weighted by Crippen LogP contribution is -2.21. The van der Waals surface area contributed by atoms with Gasteiger partial charge in [0.25, 0.3) is 0 Å². The van der Waals surface area contributed by atoms with E-state index >= 15 is 0 Å². The number of fused-ring (bicyclic) bond motifs is 1. The van der Waals surface area contributed by atoms with Crippen LogP contribution in [-0.4, -0.2) is 24.3 Å². The summed E-state index contributed by atoms with van der Waals surface area (Å²) < 4.78 is 35.1. The summed E-state index contributed by atoms with van der Waals surface area (Å²) in [7, 11) is 0. The monoisotopic (exact) mass is 454 g/mol. The number of hydrogen-bond donors (Lipinski definition) is 2. The summed E-state index contributed by atoms with van der Waals surface area (Å²) in [5.41, 5.74) is 1.87. The van der Waals surface area contributed by atoms with Gasteiger partial charge in [0.15, 0.2) is 5.11 Å². The molecule has 0 atom stereocenters. The maximum atomic E-state index is 12.7. The number of rotatable bonds is 6. The van der Waals surface area contributed by atoms with Gasteiger partial charge in [-0.25, -0.2) is 4.79 Å². The number of anilines is 2. The summed E-state index contributed by atoms with van der Waals surface area (Å²) in [6.07, 6.45) is 6.16. The average molecular weight is 455 g/mol. The SMILES string of the molecule is CCOC(=O)c1c(NC(=S)Nc2ccccc2OC(F)F)sc2c1CCCCCC2. The number of carbonyl (C=O) groups is 1. The highest BCUT2D eigenvalue weighted by Crippen LogP contribution is 2.38. The molecular formula is C21H24F2N2O3S2. The summed E-state index contributed by atoms with van der Waals surface area (Å²) in [6.45, 7) is -0.890. The van der Waals surface area contributed by atoms with Crippen molar-refractivity contribution in [2.45, 2.75) is 52.1 Å². The van der Waals surface area contributed by atoms with E-state index in [1.165, 1.54) is 28.7 Å². The molecule has 1 aromatic heterocycles. The van der Waals surface area contributed by atoms with Crippen molar-refractivity contribution in [2.75, 3.05) is 17.2 Å². The second-order valence-corrected chi connectivity index (χ2v) is 8.31. The van der Waals surface area contributed by atoms with Crippen molar-refractivity contribution in [2.24, 2.45) is 0 Å². The molecule has 2 aromatic rings. The van der Waals surface area contributed by atoms with Crippen LogP contribution in [0.15, 0.2) is 24.3 Å². The van der Waals surface area contributed by atoms with Crippen LogP contribution in [0.3, 0.4) is 0 Å². The Morgan fingerprint density at radius 3 is 2.63 bits per heavy atom. The van der Waals surface area contributed by atoms with Gasteiger partial charge in [-0.3, -0.25) is 0 Å². The van der Waals surface area contributed by atoms with E-state index in [1.807, 2.05) is 0 Å². The van der Waals surface area contributed by atoms with Gasteiger partial charge < -0.3 is 20.1 Å². The molecule has 162 valence electrons. The first-order valence-electron chi connectivity index (χ1n) is 9.93. The number of para-hydroxylation sites is 2. The van der Waals surface area contributed by atoms with Crippen LogP contribution in [0.25, 0.3) is 0 Å². The molecule has 0 unspecified atom stereocenters. The van der Waals surface area contributed by atoms with Crippen LogP contribution in [0.1, 0.15) is 53.4 Å². The summed E-state index contributed by atoms with van der Waals surface area (Å²) in [5.74, 6) is -0.386. The van der Waals surface area contributed by atoms with Gasteiger partial charge >= 0.3 is 12.6 Å². The molecule has 0 radical (unpaired) electrons. The number of benzene rings is 1. The molecule has 5 nitrogen and oxygen atoms in total. The largest absolute Gasteiger partial charge is 0.462 e. The Morgan fingerprint density at radius 1 is 1.17 bits per heavy atom. The fourth-order valence-electron chi connectivity index (χ4n) is 3.45. The van der Waals surface area contributed by atoms with Gasteiger partial charge in [-0.2, -0.15) is 8.78 Å². The molecule has 0 spiro atoms. The predicted octanol–water partition coefficient (Wildman–Crippen LogP) is 5.99. The maximum Gasteiger partial charge on any atom is 0.387 e. The molecule has 0 saturated carbocycles. The number of alkyl halides is 2. The number of nitrogens with one attached hydrogen (secondary N) is 2. The number of thiophene rings is 1. The number of carbonyl (C=O) groups excluding carboxylic acids is 1. The van der Waals surface area contributed by atoms with Crippen LogP contribution in [-0.2, 0) is 17.6 Å². The molecule has 0 bridgehead atoms. The predicted molar refractivity (Wildman–Crippen MR) is 119 cm³/mol. The van der Waals surface area contributed by atoms with Crippen molar-refractivity contribution >= 4 is 45.3 Å². The highest BCUT2D eigenvalue weighted by molar-refractivity contribution is 7.80. The van der Waals surface area contributed by atoms with E-state index < -0.39 is 6.61 Å². The zero-order valence-electron chi connectivity index (χ0n) is 16.6. The van der Waals surface area contributed by atoms with Crippen molar-refractivity contribution in [1.29, 1.82) is 0 Å². The normalized spacial score (nSPS) is 13.7. The first-order valence-corrected chi connectivity index (χ1v) is 11.2. The first-order chi connectivity index (χ1) is 14.5. The third-order valence-corrected chi connectivity index (χ3v) is 6.14. The number of hydrogen-bond acceptors (Lipinski definition) is 5. The van der Waals surface area contributed by atoms with Crippen LogP contribution >= 0.6 is 23.6 Å². The Hall–Kier alpha value is -2.26. The quantitative estimate of drug-likeness (QED) is 0.413. The highest BCUT2D eigenvalue weighted by Gasteiger charge is 2.26.